The molecule has 5 heteroatoms. The molecule has 0 N–H and O–H groups in total. The Kier molecular flexibility index (Phi) is 4.95. The largest absolute Gasteiger partial charge is 0.497 e. The third kappa shape index (κ3) is 3.34. The van der Waals surface area contributed by atoms with Gasteiger partial charge in [-0.2, -0.15) is 0 Å². The van der Waals surface area contributed by atoms with Crippen molar-refractivity contribution in [2.45, 2.75) is 32.4 Å². The molecule has 0 aromatic heterocycles. The summed E-state index contributed by atoms with van der Waals surface area (Å²) in [6.07, 6.45) is 1.14. The lowest BCUT2D eigenvalue weighted by Crippen LogP contribution is -2.45. The number of ether oxygens (including phenoxy) is 2. The predicted octanol–water partition coefficient (Wildman–Crippen LogP) is 4.44. The van der Waals surface area contributed by atoms with E-state index >= 15 is 0 Å². The van der Waals surface area contributed by atoms with Crippen LogP contribution in [0.3, 0.4) is 0 Å². The number of methoxy groups -OCH3 is 1. The maximum Gasteiger partial charge on any atom is 0.268 e. The van der Waals surface area contributed by atoms with Gasteiger partial charge in [0.2, 0.25) is 0 Å². The van der Waals surface area contributed by atoms with Crippen LogP contribution in [0.4, 0.5) is 5.69 Å². The highest BCUT2D eigenvalue weighted by atomic mass is 35.5. The molecule has 1 heterocycles. The van der Waals surface area contributed by atoms with Gasteiger partial charge in [-0.05, 0) is 42.3 Å². The Morgan fingerprint density at radius 1 is 1.21 bits per heavy atom. The van der Waals surface area contributed by atoms with E-state index in [1.165, 1.54) is 0 Å². The summed E-state index contributed by atoms with van der Waals surface area (Å²) in [5.41, 5.74) is 1.74. The molecule has 1 unspecified atom stereocenters. The Bertz CT molecular complexity index is 730. The monoisotopic (exact) mass is 345 g/mol. The molecule has 2 aromatic rings. The zero-order valence-electron chi connectivity index (χ0n) is 13.8. The summed E-state index contributed by atoms with van der Waals surface area (Å²) in [6, 6.07) is 13.1. The fourth-order valence-corrected chi connectivity index (χ4v) is 2.98. The third-order valence-electron chi connectivity index (χ3n) is 4.07. The Morgan fingerprint density at radius 2 is 1.96 bits per heavy atom. The maximum atomic E-state index is 12.9. The van der Waals surface area contributed by atoms with Crippen molar-refractivity contribution in [3.63, 3.8) is 0 Å². The van der Waals surface area contributed by atoms with Crippen molar-refractivity contribution in [2.24, 2.45) is 0 Å². The molecule has 126 valence electrons. The zero-order chi connectivity index (χ0) is 17.1. The van der Waals surface area contributed by atoms with Crippen molar-refractivity contribution >= 4 is 23.2 Å². The predicted molar refractivity (Wildman–Crippen MR) is 95.0 cm³/mol. The highest BCUT2D eigenvalue weighted by Gasteiger charge is 2.33. The second-order valence-corrected chi connectivity index (χ2v) is 6.22. The van der Waals surface area contributed by atoms with Crippen molar-refractivity contribution < 1.29 is 14.3 Å². The number of rotatable bonds is 5. The Balaban J connectivity index is 1.93. The molecule has 2 aromatic carbocycles. The standard InChI is InChI=1S/C19H20ClNO3/c1-3-4-18-19(22)21(12-13-5-8-15(23-2)9-6-13)16-11-14(20)7-10-17(16)24-18/h5-11,18H,3-4,12H2,1-2H3. The molecule has 0 saturated carbocycles. The van der Waals surface area contributed by atoms with Crippen LogP contribution in [0, 0.1) is 0 Å². The second kappa shape index (κ2) is 7.14. The highest BCUT2D eigenvalue weighted by molar-refractivity contribution is 6.31. The van der Waals surface area contributed by atoms with Crippen molar-refractivity contribution in [3.05, 3.63) is 53.1 Å². The average Bonchev–Trinajstić information content (AvgIpc) is 2.60. The van der Waals surface area contributed by atoms with Gasteiger partial charge in [0.05, 0.1) is 19.3 Å². The van der Waals surface area contributed by atoms with Gasteiger partial charge < -0.3 is 14.4 Å². The molecule has 0 bridgehead atoms. The molecule has 4 nitrogen and oxygen atoms in total. The van der Waals surface area contributed by atoms with E-state index in [0.717, 1.165) is 23.4 Å². The summed E-state index contributed by atoms with van der Waals surface area (Å²) in [5.74, 6) is 1.47. The molecule has 0 spiro atoms. The number of carbonyl (C=O) groups is 1. The molecule has 0 saturated heterocycles. The lowest BCUT2D eigenvalue weighted by Gasteiger charge is -2.34. The van der Waals surface area contributed by atoms with E-state index in [0.29, 0.717) is 23.7 Å². The number of hydrogen-bond donors (Lipinski definition) is 0. The summed E-state index contributed by atoms with van der Waals surface area (Å²) >= 11 is 6.12. The lowest BCUT2D eigenvalue weighted by atomic mass is 10.1. The van der Waals surface area contributed by atoms with E-state index in [1.807, 2.05) is 37.3 Å². The number of hydrogen-bond acceptors (Lipinski definition) is 3. The first-order chi connectivity index (χ1) is 11.6. The minimum atomic E-state index is -0.443. The van der Waals surface area contributed by atoms with Crippen LogP contribution in [-0.4, -0.2) is 19.1 Å². The number of carbonyl (C=O) groups excluding carboxylic acids is 1. The first kappa shape index (κ1) is 16.7. The number of anilines is 1. The Hall–Kier alpha value is -2.20. The fraction of sp³-hybridized carbons (Fsp3) is 0.316. The van der Waals surface area contributed by atoms with E-state index in [4.69, 9.17) is 21.1 Å². The van der Waals surface area contributed by atoms with Crippen LogP contribution in [0.25, 0.3) is 0 Å². The van der Waals surface area contributed by atoms with Crippen molar-refractivity contribution in [1.82, 2.24) is 0 Å². The lowest BCUT2D eigenvalue weighted by molar-refractivity contribution is -0.126. The van der Waals surface area contributed by atoms with Gasteiger partial charge in [-0.15, -0.1) is 0 Å². The molecule has 1 atom stereocenters. The molecule has 1 aliphatic rings. The molecule has 1 amide bonds. The summed E-state index contributed by atoms with van der Waals surface area (Å²) < 4.78 is 11.1. The third-order valence-corrected chi connectivity index (χ3v) is 4.31. The summed E-state index contributed by atoms with van der Waals surface area (Å²) in [5, 5.41) is 0.582. The van der Waals surface area contributed by atoms with Gasteiger partial charge in [-0.3, -0.25) is 4.79 Å². The number of benzene rings is 2. The topological polar surface area (TPSA) is 38.8 Å². The van der Waals surface area contributed by atoms with Crippen LogP contribution in [0.1, 0.15) is 25.3 Å². The van der Waals surface area contributed by atoms with Crippen molar-refractivity contribution in [1.29, 1.82) is 0 Å². The molecule has 3 rings (SSSR count). The first-order valence-electron chi connectivity index (χ1n) is 8.03. The van der Waals surface area contributed by atoms with Crippen LogP contribution in [0.15, 0.2) is 42.5 Å². The Morgan fingerprint density at radius 3 is 2.62 bits per heavy atom. The SMILES string of the molecule is CCCC1Oc2ccc(Cl)cc2N(Cc2ccc(OC)cc2)C1=O. The van der Waals surface area contributed by atoms with Gasteiger partial charge in [0.25, 0.3) is 5.91 Å². The van der Waals surface area contributed by atoms with Gasteiger partial charge in [-0.25, -0.2) is 0 Å². The van der Waals surface area contributed by atoms with E-state index in [2.05, 4.69) is 0 Å². The van der Waals surface area contributed by atoms with Crippen LogP contribution < -0.4 is 14.4 Å². The van der Waals surface area contributed by atoms with Gasteiger partial charge >= 0.3 is 0 Å². The van der Waals surface area contributed by atoms with Crippen LogP contribution in [0.5, 0.6) is 11.5 Å². The molecule has 0 fully saturated rings. The second-order valence-electron chi connectivity index (χ2n) is 5.78. The highest BCUT2D eigenvalue weighted by Crippen LogP contribution is 2.38. The summed E-state index contributed by atoms with van der Waals surface area (Å²) in [7, 11) is 1.63. The van der Waals surface area contributed by atoms with E-state index in [-0.39, 0.29) is 5.91 Å². The zero-order valence-corrected chi connectivity index (χ0v) is 14.5. The smallest absolute Gasteiger partial charge is 0.268 e. The molecule has 24 heavy (non-hydrogen) atoms. The van der Waals surface area contributed by atoms with Crippen LogP contribution in [0.2, 0.25) is 5.02 Å². The number of nitrogens with zero attached hydrogens (tertiary/aromatic N) is 1. The minimum absolute atomic E-state index is 0.0255. The molecule has 0 radical (unpaired) electrons. The number of fused-ring (bicyclic) bond motifs is 1. The molecule has 1 aliphatic heterocycles. The molecule has 0 aliphatic carbocycles. The molecular weight excluding hydrogens is 326 g/mol. The minimum Gasteiger partial charge on any atom is -0.497 e. The van der Waals surface area contributed by atoms with Gasteiger partial charge in [0.1, 0.15) is 11.5 Å². The van der Waals surface area contributed by atoms with E-state index in [1.54, 1.807) is 24.1 Å². The van der Waals surface area contributed by atoms with Crippen LogP contribution in [-0.2, 0) is 11.3 Å². The molecular formula is C19H20ClNO3. The first-order valence-corrected chi connectivity index (χ1v) is 8.40. The fourth-order valence-electron chi connectivity index (χ4n) is 2.82. The quantitative estimate of drug-likeness (QED) is 0.804. The van der Waals surface area contributed by atoms with Crippen molar-refractivity contribution in [3.8, 4) is 11.5 Å². The summed E-state index contributed by atoms with van der Waals surface area (Å²) in [4.78, 5) is 14.6. The maximum absolute atomic E-state index is 12.9. The average molecular weight is 346 g/mol. The van der Waals surface area contributed by atoms with Gasteiger partial charge in [0.15, 0.2) is 6.10 Å². The number of halogens is 1. The van der Waals surface area contributed by atoms with E-state index in [9.17, 15) is 4.79 Å². The normalized spacial score (nSPS) is 16.5. The Labute approximate surface area is 146 Å². The van der Waals surface area contributed by atoms with Crippen LogP contribution >= 0.6 is 11.6 Å². The van der Waals surface area contributed by atoms with E-state index < -0.39 is 6.10 Å². The number of amides is 1. The van der Waals surface area contributed by atoms with Crippen molar-refractivity contribution in [2.75, 3.05) is 12.0 Å². The van der Waals surface area contributed by atoms with Gasteiger partial charge in [0, 0.05) is 5.02 Å². The summed E-state index contributed by atoms with van der Waals surface area (Å²) in [6.45, 7) is 2.52. The van der Waals surface area contributed by atoms with Gasteiger partial charge in [-0.1, -0.05) is 37.1 Å².